The number of nitrogens with one attached hydrogen (secondary N) is 1. The van der Waals surface area contributed by atoms with Gasteiger partial charge in [0.1, 0.15) is 5.82 Å². The highest BCUT2D eigenvalue weighted by atomic mass is 79.9. The number of aliphatic hydroxyl groups is 1. The minimum atomic E-state index is -1.25. The van der Waals surface area contributed by atoms with Crippen molar-refractivity contribution in [2.75, 3.05) is 18.1 Å². The maximum absolute atomic E-state index is 13.5. The molecule has 6 heteroatoms. The van der Waals surface area contributed by atoms with E-state index < -0.39 is 5.60 Å². The molecule has 104 valence electrons. The third-order valence-electron chi connectivity index (χ3n) is 3.11. The third kappa shape index (κ3) is 3.70. The van der Waals surface area contributed by atoms with E-state index in [1.54, 1.807) is 23.9 Å². The van der Waals surface area contributed by atoms with Gasteiger partial charge in [0, 0.05) is 16.8 Å². The Kier molecular flexibility index (Phi) is 4.86. The zero-order valence-electron chi connectivity index (χ0n) is 10.3. The van der Waals surface area contributed by atoms with Crippen LogP contribution in [0.15, 0.2) is 22.7 Å². The molecular formula is C13H15BrFNO2S. The number of benzene rings is 1. The van der Waals surface area contributed by atoms with Gasteiger partial charge in [0.05, 0.1) is 0 Å². The lowest BCUT2D eigenvalue weighted by Gasteiger charge is -2.20. The molecule has 1 heterocycles. The van der Waals surface area contributed by atoms with Gasteiger partial charge in [0.25, 0.3) is 5.91 Å². The van der Waals surface area contributed by atoms with Gasteiger partial charge in [-0.2, -0.15) is 11.8 Å². The lowest BCUT2D eigenvalue weighted by molar-refractivity contribution is -0.137. The first-order valence-corrected chi connectivity index (χ1v) is 7.98. The maximum atomic E-state index is 13.5. The lowest BCUT2D eigenvalue weighted by Crippen LogP contribution is -2.47. The first-order chi connectivity index (χ1) is 9.01. The molecule has 3 nitrogen and oxygen atoms in total. The number of halogens is 2. The summed E-state index contributed by atoms with van der Waals surface area (Å²) in [4.78, 5) is 11.8. The Hall–Kier alpha value is -0.590. The van der Waals surface area contributed by atoms with Crippen molar-refractivity contribution in [2.45, 2.75) is 18.4 Å². The van der Waals surface area contributed by atoms with Crippen molar-refractivity contribution >= 4 is 33.6 Å². The standard InChI is InChI=1S/C13H15BrFNO2S/c14-10-1-2-11(15)9(7-10)3-5-16-12(17)13(18)4-6-19-8-13/h1-2,7,18H,3-6,8H2,(H,16,17)/t13-/m1/s1. The van der Waals surface area contributed by atoms with E-state index in [-0.39, 0.29) is 11.7 Å². The molecule has 0 aromatic heterocycles. The molecule has 2 rings (SSSR count). The summed E-state index contributed by atoms with van der Waals surface area (Å²) in [5.41, 5.74) is -0.706. The molecule has 0 bridgehead atoms. The molecule has 1 amide bonds. The van der Waals surface area contributed by atoms with Gasteiger partial charge in [-0.05, 0) is 42.4 Å². The summed E-state index contributed by atoms with van der Waals surface area (Å²) in [6, 6.07) is 4.72. The summed E-state index contributed by atoms with van der Waals surface area (Å²) >= 11 is 4.85. The molecule has 1 saturated heterocycles. The van der Waals surface area contributed by atoms with Crippen molar-refractivity contribution in [3.8, 4) is 0 Å². The topological polar surface area (TPSA) is 49.3 Å². The molecule has 19 heavy (non-hydrogen) atoms. The molecule has 0 saturated carbocycles. The normalized spacial score (nSPS) is 22.5. The van der Waals surface area contributed by atoms with Crippen molar-refractivity contribution in [1.82, 2.24) is 5.32 Å². The smallest absolute Gasteiger partial charge is 0.252 e. The molecule has 1 aromatic carbocycles. The van der Waals surface area contributed by atoms with Crippen LogP contribution in [-0.2, 0) is 11.2 Å². The predicted molar refractivity (Wildman–Crippen MR) is 77.7 cm³/mol. The number of carbonyl (C=O) groups is 1. The van der Waals surface area contributed by atoms with Crippen LogP contribution in [-0.4, -0.2) is 34.7 Å². The van der Waals surface area contributed by atoms with E-state index in [9.17, 15) is 14.3 Å². The van der Waals surface area contributed by atoms with Gasteiger partial charge in [-0.25, -0.2) is 4.39 Å². The van der Waals surface area contributed by atoms with Crippen LogP contribution in [0.2, 0.25) is 0 Å². The molecule has 2 N–H and O–H groups in total. The minimum Gasteiger partial charge on any atom is -0.379 e. The van der Waals surface area contributed by atoms with Crippen LogP contribution in [0.1, 0.15) is 12.0 Å². The fraction of sp³-hybridized carbons (Fsp3) is 0.462. The van der Waals surface area contributed by atoms with E-state index in [0.29, 0.717) is 30.7 Å². The maximum Gasteiger partial charge on any atom is 0.252 e. The second-order valence-electron chi connectivity index (χ2n) is 4.58. The molecule has 1 atom stereocenters. The van der Waals surface area contributed by atoms with E-state index in [2.05, 4.69) is 21.2 Å². The fourth-order valence-corrected chi connectivity index (χ4v) is 3.59. The number of thioether (sulfide) groups is 1. The minimum absolute atomic E-state index is 0.285. The lowest BCUT2D eigenvalue weighted by atomic mass is 10.0. The number of hydrogen-bond donors (Lipinski definition) is 2. The van der Waals surface area contributed by atoms with Gasteiger partial charge in [-0.15, -0.1) is 0 Å². The van der Waals surface area contributed by atoms with Crippen LogP contribution in [0.3, 0.4) is 0 Å². The molecule has 0 radical (unpaired) electrons. The van der Waals surface area contributed by atoms with Crippen molar-refractivity contribution in [1.29, 1.82) is 0 Å². The Balaban J connectivity index is 1.86. The van der Waals surface area contributed by atoms with Gasteiger partial charge < -0.3 is 10.4 Å². The first kappa shape index (κ1) is 14.8. The number of rotatable bonds is 4. The highest BCUT2D eigenvalue weighted by molar-refractivity contribution is 9.10. The Labute approximate surface area is 124 Å². The second-order valence-corrected chi connectivity index (χ2v) is 6.60. The number of carbonyl (C=O) groups excluding carboxylic acids is 1. The summed E-state index contributed by atoms with van der Waals surface area (Å²) in [7, 11) is 0. The monoisotopic (exact) mass is 347 g/mol. The largest absolute Gasteiger partial charge is 0.379 e. The van der Waals surface area contributed by atoms with Crippen molar-refractivity contribution < 1.29 is 14.3 Å². The zero-order valence-corrected chi connectivity index (χ0v) is 12.7. The Bertz CT molecular complexity index is 478. The van der Waals surface area contributed by atoms with E-state index in [0.717, 1.165) is 10.2 Å². The van der Waals surface area contributed by atoms with Crippen molar-refractivity contribution in [3.05, 3.63) is 34.1 Å². The van der Waals surface area contributed by atoms with Gasteiger partial charge in [-0.1, -0.05) is 15.9 Å². The van der Waals surface area contributed by atoms with Gasteiger partial charge >= 0.3 is 0 Å². The highest BCUT2D eigenvalue weighted by Crippen LogP contribution is 2.27. The molecule has 1 aromatic rings. The molecular weight excluding hydrogens is 333 g/mol. The SMILES string of the molecule is O=C(NCCc1cc(Br)ccc1F)[C@@]1(O)CCSC1. The quantitative estimate of drug-likeness (QED) is 0.876. The van der Waals surface area contributed by atoms with Crippen molar-refractivity contribution in [3.63, 3.8) is 0 Å². The Morgan fingerprint density at radius 1 is 1.58 bits per heavy atom. The second kappa shape index (κ2) is 6.24. The van der Waals surface area contributed by atoms with E-state index in [1.807, 2.05) is 0 Å². The van der Waals surface area contributed by atoms with Crippen LogP contribution in [0, 0.1) is 5.82 Å². The molecule has 1 aliphatic heterocycles. The molecule has 0 unspecified atom stereocenters. The Morgan fingerprint density at radius 3 is 3.05 bits per heavy atom. The molecule has 0 aliphatic carbocycles. The first-order valence-electron chi connectivity index (χ1n) is 6.04. The summed E-state index contributed by atoms with van der Waals surface area (Å²) in [5, 5.41) is 12.7. The van der Waals surface area contributed by atoms with Gasteiger partial charge in [-0.3, -0.25) is 4.79 Å². The Morgan fingerprint density at radius 2 is 2.37 bits per heavy atom. The van der Waals surface area contributed by atoms with Crippen molar-refractivity contribution in [2.24, 2.45) is 0 Å². The average Bonchev–Trinajstić information content (AvgIpc) is 2.82. The average molecular weight is 348 g/mol. The van der Waals surface area contributed by atoms with Gasteiger partial charge in [0.2, 0.25) is 0 Å². The fourth-order valence-electron chi connectivity index (χ4n) is 1.94. The summed E-state index contributed by atoms with van der Waals surface area (Å²) in [6.45, 7) is 0.319. The van der Waals surface area contributed by atoms with Crippen LogP contribution >= 0.6 is 27.7 Å². The van der Waals surface area contributed by atoms with E-state index in [4.69, 9.17) is 0 Å². The summed E-state index contributed by atoms with van der Waals surface area (Å²) in [6.07, 6.45) is 0.884. The van der Waals surface area contributed by atoms with Crippen LogP contribution in [0.4, 0.5) is 4.39 Å². The van der Waals surface area contributed by atoms with Gasteiger partial charge in [0.15, 0.2) is 5.60 Å². The third-order valence-corrected chi connectivity index (χ3v) is 4.78. The molecule has 0 spiro atoms. The predicted octanol–water partition coefficient (Wildman–Crippen LogP) is 2.11. The van der Waals surface area contributed by atoms with E-state index >= 15 is 0 Å². The number of amides is 1. The molecule has 1 aliphatic rings. The van der Waals surface area contributed by atoms with Crippen LogP contribution < -0.4 is 5.32 Å². The summed E-state index contributed by atoms with van der Waals surface area (Å²) < 4.78 is 14.3. The zero-order chi connectivity index (χ0) is 13.9. The molecule has 1 fully saturated rings. The highest BCUT2D eigenvalue weighted by Gasteiger charge is 2.39. The van der Waals surface area contributed by atoms with Crippen LogP contribution in [0.5, 0.6) is 0 Å². The summed E-state index contributed by atoms with van der Waals surface area (Å²) in [5.74, 6) is 0.592. The van der Waals surface area contributed by atoms with E-state index in [1.165, 1.54) is 6.07 Å². The number of hydrogen-bond acceptors (Lipinski definition) is 3. The van der Waals surface area contributed by atoms with Crippen LogP contribution in [0.25, 0.3) is 0 Å².